The summed E-state index contributed by atoms with van der Waals surface area (Å²) in [5.74, 6) is 0. The molecule has 0 aliphatic carbocycles. The van der Waals surface area contributed by atoms with Crippen molar-refractivity contribution in [3.63, 3.8) is 0 Å². The van der Waals surface area contributed by atoms with E-state index >= 15 is 0 Å². The van der Waals surface area contributed by atoms with Crippen LogP contribution in [0.15, 0.2) is 24.3 Å². The van der Waals surface area contributed by atoms with E-state index in [9.17, 15) is 13.2 Å². The third kappa shape index (κ3) is 2.87. The van der Waals surface area contributed by atoms with E-state index in [-0.39, 0.29) is 17.3 Å². The van der Waals surface area contributed by atoms with Crippen LogP contribution in [0, 0.1) is 6.92 Å². The Morgan fingerprint density at radius 1 is 1.21 bits per heavy atom. The molecule has 0 saturated heterocycles. The summed E-state index contributed by atoms with van der Waals surface area (Å²) in [5.41, 5.74) is -0.395. The second-order valence-electron chi connectivity index (χ2n) is 4.01. The van der Waals surface area contributed by atoms with Crippen LogP contribution in [0.3, 0.4) is 0 Å². The van der Waals surface area contributed by atoms with Crippen LogP contribution in [0.2, 0.25) is 10.2 Å². The van der Waals surface area contributed by atoms with Crippen LogP contribution in [0.1, 0.15) is 16.8 Å². The fourth-order valence-electron chi connectivity index (χ4n) is 1.69. The van der Waals surface area contributed by atoms with Crippen LogP contribution < -0.4 is 0 Å². The summed E-state index contributed by atoms with van der Waals surface area (Å²) >= 11 is 11.8. The summed E-state index contributed by atoms with van der Waals surface area (Å²) < 4.78 is 39.2. The lowest BCUT2D eigenvalue weighted by atomic mass is 10.2. The van der Waals surface area contributed by atoms with Crippen molar-refractivity contribution in [1.82, 2.24) is 9.78 Å². The lowest BCUT2D eigenvalue weighted by molar-refractivity contribution is -0.141. The number of halogens is 5. The third-order valence-corrected chi connectivity index (χ3v) is 3.51. The Kier molecular flexibility index (Phi) is 3.78. The molecule has 2 nitrogen and oxygen atoms in total. The quantitative estimate of drug-likeness (QED) is 0.795. The molecule has 0 spiro atoms. The minimum atomic E-state index is -4.51. The highest BCUT2D eigenvalue weighted by molar-refractivity contribution is 6.31. The van der Waals surface area contributed by atoms with E-state index in [4.69, 9.17) is 23.2 Å². The van der Waals surface area contributed by atoms with Gasteiger partial charge in [0.1, 0.15) is 5.15 Å². The SMILES string of the molecule is Cc1c(C(F)(F)F)nn(Cc2ccccc2Cl)c1Cl. The molecule has 0 atom stereocenters. The molecule has 0 unspecified atom stereocenters. The van der Waals surface area contributed by atoms with E-state index in [2.05, 4.69) is 5.10 Å². The van der Waals surface area contributed by atoms with Crippen molar-refractivity contribution in [2.75, 3.05) is 0 Å². The van der Waals surface area contributed by atoms with Crippen LogP contribution in [0.5, 0.6) is 0 Å². The Bertz CT molecular complexity index is 606. The number of nitrogens with zero attached hydrogens (tertiary/aromatic N) is 2. The monoisotopic (exact) mass is 308 g/mol. The maximum Gasteiger partial charge on any atom is 0.435 e. The first kappa shape index (κ1) is 14.2. The predicted octanol–water partition coefficient (Wildman–Crippen LogP) is 4.57. The lowest BCUT2D eigenvalue weighted by Gasteiger charge is -2.05. The number of rotatable bonds is 2. The van der Waals surface area contributed by atoms with E-state index in [1.165, 1.54) is 6.92 Å². The maximum absolute atomic E-state index is 12.7. The molecular formula is C12H9Cl2F3N2. The van der Waals surface area contributed by atoms with E-state index < -0.39 is 11.9 Å². The average Bonchev–Trinajstić information content (AvgIpc) is 2.60. The number of hydrogen-bond acceptors (Lipinski definition) is 1. The minimum absolute atomic E-state index is 0.0350. The second kappa shape index (κ2) is 5.06. The van der Waals surface area contributed by atoms with Crippen molar-refractivity contribution in [1.29, 1.82) is 0 Å². The van der Waals surface area contributed by atoms with Crippen molar-refractivity contribution in [2.24, 2.45) is 0 Å². The first-order valence-electron chi connectivity index (χ1n) is 5.34. The van der Waals surface area contributed by atoms with Crippen molar-refractivity contribution >= 4 is 23.2 Å². The highest BCUT2D eigenvalue weighted by atomic mass is 35.5. The summed E-state index contributed by atoms with van der Waals surface area (Å²) in [6, 6.07) is 6.85. The molecule has 102 valence electrons. The Morgan fingerprint density at radius 3 is 2.37 bits per heavy atom. The molecule has 1 aromatic heterocycles. The van der Waals surface area contributed by atoms with Crippen LogP contribution in [-0.2, 0) is 12.7 Å². The highest BCUT2D eigenvalue weighted by Crippen LogP contribution is 2.34. The average molecular weight is 309 g/mol. The van der Waals surface area contributed by atoms with Gasteiger partial charge in [0.15, 0.2) is 5.69 Å². The molecule has 1 aromatic carbocycles. The fraction of sp³-hybridized carbons (Fsp3) is 0.250. The molecular weight excluding hydrogens is 300 g/mol. The van der Waals surface area contributed by atoms with Gasteiger partial charge in [-0.2, -0.15) is 18.3 Å². The molecule has 2 aromatic rings. The highest BCUT2D eigenvalue weighted by Gasteiger charge is 2.37. The summed E-state index contributed by atoms with van der Waals surface area (Å²) in [6.07, 6.45) is -4.51. The molecule has 0 N–H and O–H groups in total. The van der Waals surface area contributed by atoms with Crippen molar-refractivity contribution in [2.45, 2.75) is 19.6 Å². The Balaban J connectivity index is 2.40. The first-order valence-corrected chi connectivity index (χ1v) is 6.10. The van der Waals surface area contributed by atoms with Gasteiger partial charge in [-0.15, -0.1) is 0 Å². The van der Waals surface area contributed by atoms with Gasteiger partial charge in [-0.05, 0) is 18.6 Å². The zero-order valence-corrected chi connectivity index (χ0v) is 11.3. The van der Waals surface area contributed by atoms with Crippen LogP contribution in [-0.4, -0.2) is 9.78 Å². The van der Waals surface area contributed by atoms with Gasteiger partial charge in [-0.3, -0.25) is 0 Å². The van der Waals surface area contributed by atoms with E-state index in [0.717, 1.165) is 4.68 Å². The van der Waals surface area contributed by atoms with Gasteiger partial charge < -0.3 is 0 Å². The van der Waals surface area contributed by atoms with Gasteiger partial charge in [0.2, 0.25) is 0 Å². The molecule has 0 aliphatic rings. The molecule has 0 radical (unpaired) electrons. The predicted molar refractivity (Wildman–Crippen MR) is 67.5 cm³/mol. The summed E-state index contributed by atoms with van der Waals surface area (Å²) in [5, 5.41) is 3.94. The van der Waals surface area contributed by atoms with E-state index in [0.29, 0.717) is 10.6 Å². The molecule has 2 rings (SSSR count). The zero-order valence-electron chi connectivity index (χ0n) is 9.80. The molecule has 0 saturated carbocycles. The molecule has 19 heavy (non-hydrogen) atoms. The third-order valence-electron chi connectivity index (χ3n) is 2.66. The van der Waals surface area contributed by atoms with Crippen LogP contribution in [0.25, 0.3) is 0 Å². The normalized spacial score (nSPS) is 11.9. The summed E-state index contributed by atoms with van der Waals surface area (Å²) in [4.78, 5) is 0. The molecule has 1 heterocycles. The topological polar surface area (TPSA) is 17.8 Å². The number of hydrogen-bond donors (Lipinski definition) is 0. The molecule has 0 aliphatic heterocycles. The van der Waals surface area contributed by atoms with Gasteiger partial charge >= 0.3 is 6.18 Å². The van der Waals surface area contributed by atoms with Gasteiger partial charge in [0, 0.05) is 10.6 Å². The van der Waals surface area contributed by atoms with Crippen molar-refractivity contribution in [3.05, 3.63) is 51.3 Å². The second-order valence-corrected chi connectivity index (χ2v) is 4.78. The van der Waals surface area contributed by atoms with Gasteiger partial charge in [0.05, 0.1) is 6.54 Å². The molecule has 0 bridgehead atoms. The van der Waals surface area contributed by atoms with Gasteiger partial charge in [-0.1, -0.05) is 41.4 Å². The largest absolute Gasteiger partial charge is 0.435 e. The van der Waals surface area contributed by atoms with Crippen molar-refractivity contribution in [3.8, 4) is 0 Å². The maximum atomic E-state index is 12.7. The Labute approximate surface area is 117 Å². The van der Waals surface area contributed by atoms with E-state index in [1.807, 2.05) is 0 Å². The molecule has 0 fully saturated rings. The number of alkyl halides is 3. The molecule has 0 amide bonds. The van der Waals surface area contributed by atoms with Crippen LogP contribution in [0.4, 0.5) is 13.2 Å². The smallest absolute Gasteiger partial charge is 0.249 e. The standard InChI is InChI=1S/C12H9Cl2F3N2/c1-7-10(12(15,16)17)18-19(11(7)14)6-8-4-2-3-5-9(8)13/h2-5H,6H2,1H3. The first-order chi connectivity index (χ1) is 8.80. The van der Waals surface area contributed by atoms with Gasteiger partial charge in [0.25, 0.3) is 0 Å². The molecule has 7 heteroatoms. The number of benzene rings is 1. The zero-order chi connectivity index (χ0) is 14.2. The van der Waals surface area contributed by atoms with Gasteiger partial charge in [-0.25, -0.2) is 4.68 Å². The van der Waals surface area contributed by atoms with E-state index in [1.54, 1.807) is 24.3 Å². The lowest BCUT2D eigenvalue weighted by Crippen LogP contribution is -2.09. The summed E-state index contributed by atoms with van der Waals surface area (Å²) in [6.45, 7) is 1.39. The van der Waals surface area contributed by atoms with Crippen molar-refractivity contribution < 1.29 is 13.2 Å². The Morgan fingerprint density at radius 2 is 1.84 bits per heavy atom. The summed E-state index contributed by atoms with van der Waals surface area (Å²) in [7, 11) is 0. The Hall–Kier alpha value is -1.20. The number of aromatic nitrogens is 2. The van der Waals surface area contributed by atoms with Crippen LogP contribution >= 0.6 is 23.2 Å². The minimum Gasteiger partial charge on any atom is -0.249 e. The fourth-order valence-corrected chi connectivity index (χ4v) is 2.08.